The van der Waals surface area contributed by atoms with E-state index in [1.165, 1.54) is 26.4 Å². The number of nitrogens with one attached hydrogen (secondary N) is 1. The van der Waals surface area contributed by atoms with E-state index in [0.29, 0.717) is 16.7 Å². The first-order chi connectivity index (χ1) is 8.54. The van der Waals surface area contributed by atoms with Gasteiger partial charge in [-0.15, -0.1) is 0 Å². The molecule has 4 heteroatoms. The second kappa shape index (κ2) is 4.88. The fourth-order valence-electron chi connectivity index (χ4n) is 2.23. The van der Waals surface area contributed by atoms with Crippen LogP contribution >= 0.6 is 0 Å². The van der Waals surface area contributed by atoms with Crippen molar-refractivity contribution < 1.29 is 9.53 Å². The van der Waals surface area contributed by atoms with Gasteiger partial charge in [-0.05, 0) is 36.5 Å². The molecule has 98 valence electrons. The third kappa shape index (κ3) is 2.58. The van der Waals surface area contributed by atoms with Crippen LogP contribution in [0.25, 0.3) is 0 Å². The van der Waals surface area contributed by atoms with Crippen molar-refractivity contribution in [3.05, 3.63) is 23.8 Å². The number of ether oxygens (including phenoxy) is 1. The highest BCUT2D eigenvalue weighted by molar-refractivity contribution is 5.91. The molecule has 0 radical (unpaired) electrons. The molecule has 3 N–H and O–H groups in total. The van der Waals surface area contributed by atoms with E-state index >= 15 is 0 Å². The zero-order valence-corrected chi connectivity index (χ0v) is 11.0. The first-order valence-corrected chi connectivity index (χ1v) is 6.26. The molecule has 1 saturated carbocycles. The normalized spacial score (nSPS) is 16.8. The molecule has 1 fully saturated rings. The number of hydrogen-bond acceptors (Lipinski definition) is 4. The quantitative estimate of drug-likeness (QED) is 0.635. The summed E-state index contributed by atoms with van der Waals surface area (Å²) >= 11 is 0. The number of nitrogens with two attached hydrogens (primary N) is 1. The Morgan fingerprint density at radius 1 is 1.50 bits per heavy atom. The Kier molecular flexibility index (Phi) is 3.45. The maximum absolute atomic E-state index is 11.4. The fraction of sp³-hybridized carbons (Fsp3) is 0.500. The summed E-state index contributed by atoms with van der Waals surface area (Å²) in [6.07, 6.45) is 3.84. The third-order valence-corrected chi connectivity index (χ3v) is 3.74. The molecule has 0 unspecified atom stereocenters. The minimum atomic E-state index is -0.362. The Bertz CT molecular complexity index is 453. The number of methoxy groups -OCH3 is 1. The van der Waals surface area contributed by atoms with Gasteiger partial charge < -0.3 is 15.8 Å². The topological polar surface area (TPSA) is 64.3 Å². The van der Waals surface area contributed by atoms with Gasteiger partial charge in [0.15, 0.2) is 0 Å². The average molecular weight is 248 g/mol. The van der Waals surface area contributed by atoms with Crippen LogP contribution < -0.4 is 11.1 Å². The maximum Gasteiger partial charge on any atom is 0.337 e. The van der Waals surface area contributed by atoms with E-state index in [0.717, 1.165) is 12.2 Å². The molecule has 1 aliphatic carbocycles. The first-order valence-electron chi connectivity index (χ1n) is 6.26. The second-order valence-corrected chi connectivity index (χ2v) is 5.31. The van der Waals surface area contributed by atoms with Gasteiger partial charge in [0.1, 0.15) is 0 Å². The summed E-state index contributed by atoms with van der Waals surface area (Å²) < 4.78 is 4.66. The summed E-state index contributed by atoms with van der Waals surface area (Å²) in [5.41, 5.74) is 8.28. The van der Waals surface area contributed by atoms with Gasteiger partial charge in [0.25, 0.3) is 0 Å². The van der Waals surface area contributed by atoms with Crippen LogP contribution in [0, 0.1) is 5.41 Å². The average Bonchev–Trinajstić information content (AvgIpc) is 2.34. The van der Waals surface area contributed by atoms with Crippen molar-refractivity contribution in [1.29, 1.82) is 0 Å². The Labute approximate surface area is 108 Å². The van der Waals surface area contributed by atoms with Gasteiger partial charge in [0, 0.05) is 6.54 Å². The van der Waals surface area contributed by atoms with Gasteiger partial charge in [-0.1, -0.05) is 13.3 Å². The zero-order valence-electron chi connectivity index (χ0n) is 11.0. The Balaban J connectivity index is 2.03. The fourth-order valence-corrected chi connectivity index (χ4v) is 2.23. The molecular weight excluding hydrogens is 228 g/mol. The van der Waals surface area contributed by atoms with Crippen molar-refractivity contribution in [1.82, 2.24) is 0 Å². The van der Waals surface area contributed by atoms with Gasteiger partial charge in [-0.2, -0.15) is 0 Å². The Morgan fingerprint density at radius 2 is 2.22 bits per heavy atom. The first kappa shape index (κ1) is 12.7. The SMILES string of the molecule is COC(=O)c1ccc(NCC2(C)CCC2)c(N)c1. The van der Waals surface area contributed by atoms with Crippen LogP contribution in [0.1, 0.15) is 36.5 Å². The van der Waals surface area contributed by atoms with Crippen molar-refractivity contribution in [2.75, 3.05) is 24.7 Å². The third-order valence-electron chi connectivity index (χ3n) is 3.74. The molecule has 0 heterocycles. The van der Waals surface area contributed by atoms with E-state index in [-0.39, 0.29) is 5.97 Å². The summed E-state index contributed by atoms with van der Waals surface area (Å²) in [7, 11) is 1.36. The predicted octanol–water partition coefficient (Wildman–Crippen LogP) is 2.66. The van der Waals surface area contributed by atoms with Crippen LogP contribution in [0.4, 0.5) is 11.4 Å². The monoisotopic (exact) mass is 248 g/mol. The smallest absolute Gasteiger partial charge is 0.337 e. The van der Waals surface area contributed by atoms with E-state index in [2.05, 4.69) is 17.0 Å². The standard InChI is InChI=1S/C14H20N2O2/c1-14(6-3-7-14)9-16-12-5-4-10(8-11(12)15)13(17)18-2/h4-5,8,16H,3,6-7,9,15H2,1-2H3. The van der Waals surface area contributed by atoms with Crippen LogP contribution in [0.5, 0.6) is 0 Å². The molecular formula is C14H20N2O2. The van der Waals surface area contributed by atoms with E-state index in [1.807, 2.05) is 6.07 Å². The lowest BCUT2D eigenvalue weighted by molar-refractivity contribution is 0.0601. The minimum Gasteiger partial charge on any atom is -0.465 e. The molecule has 1 aliphatic rings. The van der Waals surface area contributed by atoms with Crippen molar-refractivity contribution in [3.8, 4) is 0 Å². The number of anilines is 2. The van der Waals surface area contributed by atoms with Crippen LogP contribution in [-0.4, -0.2) is 19.6 Å². The van der Waals surface area contributed by atoms with Crippen LogP contribution in [0.3, 0.4) is 0 Å². The molecule has 1 aromatic rings. The van der Waals surface area contributed by atoms with Gasteiger partial charge in [-0.3, -0.25) is 0 Å². The lowest BCUT2D eigenvalue weighted by atomic mass is 9.70. The van der Waals surface area contributed by atoms with Crippen LogP contribution in [-0.2, 0) is 4.74 Å². The molecule has 1 aromatic carbocycles. The summed E-state index contributed by atoms with van der Waals surface area (Å²) in [5, 5.41) is 3.36. The number of nitrogen functional groups attached to an aromatic ring is 1. The van der Waals surface area contributed by atoms with E-state index in [1.54, 1.807) is 12.1 Å². The number of carbonyl (C=O) groups excluding carboxylic acids is 1. The molecule has 0 aromatic heterocycles. The molecule has 0 atom stereocenters. The highest BCUT2D eigenvalue weighted by Crippen LogP contribution is 2.40. The summed E-state index contributed by atoms with van der Waals surface area (Å²) in [6.45, 7) is 3.21. The predicted molar refractivity (Wildman–Crippen MR) is 72.6 cm³/mol. The van der Waals surface area contributed by atoms with Crippen molar-refractivity contribution in [2.45, 2.75) is 26.2 Å². The molecule has 0 spiro atoms. The highest BCUT2D eigenvalue weighted by Gasteiger charge is 2.31. The minimum absolute atomic E-state index is 0.362. The van der Waals surface area contributed by atoms with Gasteiger partial charge >= 0.3 is 5.97 Å². The molecule has 0 bridgehead atoms. The highest BCUT2D eigenvalue weighted by atomic mass is 16.5. The number of esters is 1. The maximum atomic E-state index is 11.4. The van der Waals surface area contributed by atoms with Gasteiger partial charge in [-0.25, -0.2) is 4.79 Å². The number of rotatable bonds is 4. The van der Waals surface area contributed by atoms with Crippen molar-refractivity contribution in [3.63, 3.8) is 0 Å². The van der Waals surface area contributed by atoms with E-state index < -0.39 is 0 Å². The van der Waals surface area contributed by atoms with E-state index in [4.69, 9.17) is 5.73 Å². The Hall–Kier alpha value is -1.71. The molecule has 0 aliphatic heterocycles. The molecule has 0 saturated heterocycles. The number of carbonyl (C=O) groups is 1. The van der Waals surface area contributed by atoms with Crippen LogP contribution in [0.15, 0.2) is 18.2 Å². The summed E-state index contributed by atoms with van der Waals surface area (Å²) in [5.74, 6) is -0.362. The summed E-state index contributed by atoms with van der Waals surface area (Å²) in [4.78, 5) is 11.4. The lowest BCUT2D eigenvalue weighted by Gasteiger charge is -2.38. The molecule has 2 rings (SSSR count). The Morgan fingerprint density at radius 3 is 2.72 bits per heavy atom. The van der Waals surface area contributed by atoms with Gasteiger partial charge in [0.05, 0.1) is 24.0 Å². The van der Waals surface area contributed by atoms with Crippen molar-refractivity contribution >= 4 is 17.3 Å². The van der Waals surface area contributed by atoms with E-state index in [9.17, 15) is 4.79 Å². The second-order valence-electron chi connectivity index (χ2n) is 5.31. The van der Waals surface area contributed by atoms with Crippen LogP contribution in [0.2, 0.25) is 0 Å². The lowest BCUT2D eigenvalue weighted by Crippen LogP contribution is -2.33. The largest absolute Gasteiger partial charge is 0.465 e. The zero-order chi connectivity index (χ0) is 13.2. The molecule has 0 amide bonds. The number of benzene rings is 1. The molecule has 18 heavy (non-hydrogen) atoms. The molecule has 4 nitrogen and oxygen atoms in total. The summed E-state index contributed by atoms with van der Waals surface area (Å²) in [6, 6.07) is 5.22. The number of hydrogen-bond donors (Lipinski definition) is 2. The van der Waals surface area contributed by atoms with Gasteiger partial charge in [0.2, 0.25) is 0 Å². The van der Waals surface area contributed by atoms with Crippen molar-refractivity contribution in [2.24, 2.45) is 5.41 Å².